The zero-order valence-corrected chi connectivity index (χ0v) is 16.0. The summed E-state index contributed by atoms with van der Waals surface area (Å²) in [6.07, 6.45) is 0.230. The average molecular weight is 394 g/mol. The van der Waals surface area contributed by atoms with E-state index in [0.29, 0.717) is 32.9 Å². The third-order valence-corrected chi connectivity index (χ3v) is 4.99. The van der Waals surface area contributed by atoms with E-state index in [1.165, 1.54) is 0 Å². The van der Waals surface area contributed by atoms with Crippen molar-refractivity contribution in [3.05, 3.63) is 89.5 Å². The molecule has 0 fully saturated rings. The number of fused-ring (bicyclic) bond motifs is 2. The number of nitriles is 1. The number of aromatic nitrogens is 1. The van der Waals surface area contributed by atoms with Crippen LogP contribution in [0.5, 0.6) is 0 Å². The van der Waals surface area contributed by atoms with Gasteiger partial charge in [-0.25, -0.2) is 4.98 Å². The molecule has 6 heteroatoms. The van der Waals surface area contributed by atoms with Crippen molar-refractivity contribution in [2.45, 2.75) is 12.5 Å². The molecule has 0 aliphatic heterocycles. The predicted molar refractivity (Wildman–Crippen MR) is 115 cm³/mol. The molecule has 1 atom stereocenters. The number of hydrogen-bond donors (Lipinski definition) is 2. The molecule has 6 nitrogen and oxygen atoms in total. The lowest BCUT2D eigenvalue weighted by Crippen LogP contribution is -2.46. The van der Waals surface area contributed by atoms with Gasteiger partial charge >= 0.3 is 0 Å². The van der Waals surface area contributed by atoms with Crippen LogP contribution in [0.15, 0.2) is 72.8 Å². The Hall–Kier alpha value is -4.24. The fourth-order valence-corrected chi connectivity index (χ4v) is 3.49. The van der Waals surface area contributed by atoms with Crippen molar-refractivity contribution in [3.8, 4) is 6.07 Å². The van der Waals surface area contributed by atoms with Crippen molar-refractivity contribution in [2.75, 3.05) is 0 Å². The van der Waals surface area contributed by atoms with Gasteiger partial charge < -0.3 is 11.1 Å². The van der Waals surface area contributed by atoms with Crippen LogP contribution in [0.1, 0.15) is 21.5 Å². The topological polar surface area (TPSA) is 109 Å². The van der Waals surface area contributed by atoms with Gasteiger partial charge in [0, 0.05) is 17.2 Å². The number of para-hydroxylation sites is 2. The largest absolute Gasteiger partial charge is 0.368 e. The van der Waals surface area contributed by atoms with E-state index in [4.69, 9.17) is 11.0 Å². The molecular weight excluding hydrogens is 376 g/mol. The highest BCUT2D eigenvalue weighted by Crippen LogP contribution is 2.26. The number of nitrogens with zero attached hydrogens (tertiary/aromatic N) is 2. The van der Waals surface area contributed by atoms with Crippen LogP contribution in [0.25, 0.3) is 21.8 Å². The summed E-state index contributed by atoms with van der Waals surface area (Å²) >= 11 is 0. The second-order valence-electron chi connectivity index (χ2n) is 6.96. The molecule has 3 aromatic carbocycles. The standard InChI is InChI=1S/C24H18N4O2/c25-14-16-11-9-15(10-12-16)13-21(23(26)29)28-24(30)22-17-5-1-3-7-19(17)27-20-8-4-2-6-18(20)22/h1-12,21H,13H2,(H2,26,29)(H,28,30)/t21-/m1/s1. The molecule has 0 saturated heterocycles. The number of amides is 2. The zero-order valence-electron chi connectivity index (χ0n) is 16.0. The van der Waals surface area contributed by atoms with Crippen molar-refractivity contribution in [1.82, 2.24) is 10.3 Å². The molecule has 2 amide bonds. The van der Waals surface area contributed by atoms with E-state index in [1.54, 1.807) is 24.3 Å². The molecule has 0 aliphatic rings. The Morgan fingerprint density at radius 3 is 2.03 bits per heavy atom. The van der Waals surface area contributed by atoms with Gasteiger partial charge in [-0.05, 0) is 29.8 Å². The molecule has 30 heavy (non-hydrogen) atoms. The number of carbonyl (C=O) groups excluding carboxylic acids is 2. The van der Waals surface area contributed by atoms with Gasteiger partial charge in [-0.2, -0.15) is 5.26 Å². The molecule has 0 unspecified atom stereocenters. The highest BCUT2D eigenvalue weighted by molar-refractivity contribution is 6.16. The number of pyridine rings is 1. The molecule has 0 aliphatic carbocycles. The first-order chi connectivity index (χ1) is 14.6. The van der Waals surface area contributed by atoms with E-state index in [2.05, 4.69) is 16.4 Å². The first-order valence-electron chi connectivity index (χ1n) is 9.43. The maximum atomic E-state index is 13.3. The summed E-state index contributed by atoms with van der Waals surface area (Å²) in [5.74, 6) is -1.02. The average Bonchev–Trinajstić information content (AvgIpc) is 2.77. The SMILES string of the molecule is N#Cc1ccc(C[C@@H](NC(=O)c2c3ccccc3nc3ccccc23)C(N)=O)cc1. The fraction of sp³-hybridized carbons (Fsp3) is 0.0833. The summed E-state index contributed by atoms with van der Waals surface area (Å²) in [6.45, 7) is 0. The summed E-state index contributed by atoms with van der Waals surface area (Å²) in [5.41, 5.74) is 8.75. The molecule has 0 radical (unpaired) electrons. The minimum atomic E-state index is -0.892. The highest BCUT2D eigenvalue weighted by atomic mass is 16.2. The zero-order chi connectivity index (χ0) is 21.1. The molecular formula is C24H18N4O2. The number of nitrogens with two attached hydrogens (primary N) is 1. The van der Waals surface area contributed by atoms with E-state index in [1.807, 2.05) is 48.5 Å². The maximum absolute atomic E-state index is 13.3. The molecule has 0 saturated carbocycles. The number of primary amides is 1. The van der Waals surface area contributed by atoms with Gasteiger partial charge in [-0.3, -0.25) is 9.59 Å². The predicted octanol–water partition coefficient (Wildman–Crippen LogP) is 3.09. The third kappa shape index (κ3) is 3.69. The van der Waals surface area contributed by atoms with Gasteiger partial charge in [0.15, 0.2) is 0 Å². The second-order valence-corrected chi connectivity index (χ2v) is 6.96. The monoisotopic (exact) mass is 394 g/mol. The summed E-state index contributed by atoms with van der Waals surface area (Å²) in [4.78, 5) is 30.0. The highest BCUT2D eigenvalue weighted by Gasteiger charge is 2.22. The van der Waals surface area contributed by atoms with Gasteiger partial charge in [0.05, 0.1) is 28.2 Å². The number of nitrogens with one attached hydrogen (secondary N) is 1. The minimum Gasteiger partial charge on any atom is -0.368 e. The lowest BCUT2D eigenvalue weighted by Gasteiger charge is -2.17. The van der Waals surface area contributed by atoms with E-state index < -0.39 is 11.9 Å². The van der Waals surface area contributed by atoms with Crippen LogP contribution >= 0.6 is 0 Å². The van der Waals surface area contributed by atoms with Crippen LogP contribution < -0.4 is 11.1 Å². The van der Waals surface area contributed by atoms with Gasteiger partial charge in [0.1, 0.15) is 6.04 Å². The summed E-state index contributed by atoms with van der Waals surface area (Å²) in [5, 5.41) is 13.1. The second kappa shape index (κ2) is 8.02. The summed E-state index contributed by atoms with van der Waals surface area (Å²) in [7, 11) is 0. The Labute approximate surface area is 173 Å². The summed E-state index contributed by atoms with van der Waals surface area (Å²) < 4.78 is 0. The normalized spacial score (nSPS) is 11.7. The first kappa shape index (κ1) is 19.1. The fourth-order valence-electron chi connectivity index (χ4n) is 3.49. The van der Waals surface area contributed by atoms with Crippen molar-refractivity contribution in [3.63, 3.8) is 0 Å². The van der Waals surface area contributed by atoms with E-state index in [0.717, 1.165) is 5.56 Å². The van der Waals surface area contributed by atoms with E-state index >= 15 is 0 Å². The Balaban J connectivity index is 1.71. The van der Waals surface area contributed by atoms with Crippen LogP contribution in [-0.4, -0.2) is 22.8 Å². The van der Waals surface area contributed by atoms with Gasteiger partial charge in [0.2, 0.25) is 5.91 Å². The van der Waals surface area contributed by atoms with Gasteiger partial charge in [0.25, 0.3) is 5.91 Å². The smallest absolute Gasteiger partial charge is 0.253 e. The Morgan fingerprint density at radius 2 is 1.50 bits per heavy atom. The Kier molecular flexibility index (Phi) is 5.10. The Morgan fingerprint density at radius 1 is 0.933 bits per heavy atom. The van der Waals surface area contributed by atoms with E-state index in [9.17, 15) is 9.59 Å². The van der Waals surface area contributed by atoms with Crippen molar-refractivity contribution in [2.24, 2.45) is 5.73 Å². The quantitative estimate of drug-likeness (QED) is 0.507. The van der Waals surface area contributed by atoms with Crippen LogP contribution in [0.3, 0.4) is 0 Å². The maximum Gasteiger partial charge on any atom is 0.253 e. The van der Waals surface area contributed by atoms with Crippen molar-refractivity contribution < 1.29 is 9.59 Å². The van der Waals surface area contributed by atoms with Crippen molar-refractivity contribution >= 4 is 33.6 Å². The number of hydrogen-bond acceptors (Lipinski definition) is 4. The van der Waals surface area contributed by atoms with Crippen LogP contribution in [-0.2, 0) is 11.2 Å². The third-order valence-electron chi connectivity index (χ3n) is 4.99. The van der Waals surface area contributed by atoms with Gasteiger partial charge in [-0.15, -0.1) is 0 Å². The number of benzene rings is 3. The molecule has 1 heterocycles. The number of carbonyl (C=O) groups is 2. The van der Waals surface area contributed by atoms with Gasteiger partial charge in [-0.1, -0.05) is 48.5 Å². The molecule has 4 rings (SSSR count). The van der Waals surface area contributed by atoms with Crippen LogP contribution in [0.4, 0.5) is 0 Å². The molecule has 4 aromatic rings. The lowest BCUT2D eigenvalue weighted by atomic mass is 10.00. The molecule has 0 bridgehead atoms. The first-order valence-corrected chi connectivity index (χ1v) is 9.43. The summed E-state index contributed by atoms with van der Waals surface area (Å²) in [6, 6.07) is 22.8. The molecule has 0 spiro atoms. The molecule has 1 aromatic heterocycles. The lowest BCUT2D eigenvalue weighted by molar-refractivity contribution is -0.119. The van der Waals surface area contributed by atoms with Crippen LogP contribution in [0.2, 0.25) is 0 Å². The van der Waals surface area contributed by atoms with Crippen LogP contribution in [0, 0.1) is 11.3 Å². The van der Waals surface area contributed by atoms with Crippen molar-refractivity contribution in [1.29, 1.82) is 5.26 Å². The number of rotatable bonds is 5. The molecule has 3 N–H and O–H groups in total. The Bertz CT molecular complexity index is 1250. The molecule has 146 valence electrons. The minimum absolute atomic E-state index is 0.230. The van der Waals surface area contributed by atoms with E-state index in [-0.39, 0.29) is 12.3 Å².